The molecule has 5 nitrogen and oxygen atoms in total. The van der Waals surface area contributed by atoms with Gasteiger partial charge in [0.2, 0.25) is 0 Å². The van der Waals surface area contributed by atoms with Gasteiger partial charge in [0.15, 0.2) is 11.6 Å². The first kappa shape index (κ1) is 19.2. The van der Waals surface area contributed by atoms with Crippen molar-refractivity contribution >= 4 is 6.09 Å². The highest BCUT2D eigenvalue weighted by Gasteiger charge is 2.23. The van der Waals surface area contributed by atoms with Crippen molar-refractivity contribution in [2.24, 2.45) is 0 Å². The van der Waals surface area contributed by atoms with Gasteiger partial charge in [-0.15, -0.1) is 0 Å². The van der Waals surface area contributed by atoms with Crippen molar-refractivity contribution in [1.82, 2.24) is 10.2 Å². The van der Waals surface area contributed by atoms with Gasteiger partial charge in [0.05, 0.1) is 0 Å². The van der Waals surface area contributed by atoms with Gasteiger partial charge in [0, 0.05) is 31.2 Å². The molecule has 130 valence electrons. The number of hydrogen-bond acceptors (Lipinski definition) is 4. The summed E-state index contributed by atoms with van der Waals surface area (Å²) in [6.45, 7) is 10.6. The van der Waals surface area contributed by atoms with Gasteiger partial charge in [-0.25, -0.2) is 9.18 Å². The molecule has 0 saturated heterocycles. The third-order valence-electron chi connectivity index (χ3n) is 3.17. The van der Waals surface area contributed by atoms with Crippen LogP contribution < -0.4 is 5.32 Å². The number of rotatable bonds is 6. The van der Waals surface area contributed by atoms with Crippen molar-refractivity contribution in [3.05, 3.63) is 29.6 Å². The summed E-state index contributed by atoms with van der Waals surface area (Å²) in [5.74, 6) is -0.977. The van der Waals surface area contributed by atoms with Gasteiger partial charge in [-0.05, 0) is 40.7 Å². The highest BCUT2D eigenvalue weighted by atomic mass is 19.1. The number of amides is 1. The largest absolute Gasteiger partial charge is 0.505 e. The number of carbonyl (C=O) groups is 1. The average molecular weight is 326 g/mol. The zero-order chi connectivity index (χ0) is 17.6. The summed E-state index contributed by atoms with van der Waals surface area (Å²) >= 11 is 0. The molecule has 23 heavy (non-hydrogen) atoms. The second-order valence-electron chi connectivity index (χ2n) is 6.69. The monoisotopic (exact) mass is 326 g/mol. The predicted molar refractivity (Wildman–Crippen MR) is 87.8 cm³/mol. The molecule has 0 fully saturated rings. The van der Waals surface area contributed by atoms with Gasteiger partial charge in [-0.3, -0.25) is 0 Å². The number of para-hydroxylation sites is 1. The Morgan fingerprint density at radius 3 is 2.61 bits per heavy atom. The quantitative estimate of drug-likeness (QED) is 0.788. The van der Waals surface area contributed by atoms with Crippen LogP contribution in [0.1, 0.15) is 40.2 Å². The number of halogens is 1. The number of ether oxygens (including phenoxy) is 1. The third-order valence-corrected chi connectivity index (χ3v) is 3.17. The number of hydrogen-bond donors (Lipinski definition) is 2. The van der Waals surface area contributed by atoms with Gasteiger partial charge in [-0.1, -0.05) is 12.1 Å². The smallest absolute Gasteiger partial charge is 0.410 e. The van der Waals surface area contributed by atoms with E-state index in [0.717, 1.165) is 0 Å². The first-order valence-corrected chi connectivity index (χ1v) is 7.78. The number of nitrogens with zero attached hydrogens (tertiary/aromatic N) is 1. The lowest BCUT2D eigenvalue weighted by molar-refractivity contribution is 0.0193. The van der Waals surface area contributed by atoms with Crippen molar-refractivity contribution in [3.63, 3.8) is 0 Å². The fraction of sp³-hybridized carbons (Fsp3) is 0.588. The molecular formula is C17H27FN2O3. The van der Waals surface area contributed by atoms with Crippen molar-refractivity contribution in [3.8, 4) is 5.75 Å². The standard InChI is InChI=1S/C17H27FN2O3/c1-12(2)20(16(22)23-17(3,4)5)10-9-19-11-13-7-6-8-14(18)15(13)21/h6-8,12,19,21H,9-11H2,1-5H3. The van der Waals surface area contributed by atoms with E-state index in [0.29, 0.717) is 25.2 Å². The van der Waals surface area contributed by atoms with Crippen LogP contribution >= 0.6 is 0 Å². The molecule has 0 unspecified atom stereocenters. The number of nitrogens with one attached hydrogen (secondary N) is 1. The number of carbonyl (C=O) groups excluding carboxylic acids is 1. The fourth-order valence-corrected chi connectivity index (χ4v) is 2.01. The second kappa shape index (κ2) is 8.15. The Kier molecular flexibility index (Phi) is 6.81. The summed E-state index contributed by atoms with van der Waals surface area (Å²) in [5.41, 5.74) is -0.0521. The Morgan fingerprint density at radius 2 is 2.04 bits per heavy atom. The first-order chi connectivity index (χ1) is 10.6. The zero-order valence-corrected chi connectivity index (χ0v) is 14.5. The van der Waals surface area contributed by atoms with Crippen LogP contribution in [0, 0.1) is 5.82 Å². The summed E-state index contributed by atoms with van der Waals surface area (Å²) in [5, 5.41) is 12.7. The molecule has 0 atom stereocenters. The number of phenols is 1. The van der Waals surface area contributed by atoms with Gasteiger partial charge in [0.25, 0.3) is 0 Å². The van der Waals surface area contributed by atoms with E-state index in [1.807, 2.05) is 34.6 Å². The Hall–Kier alpha value is -1.82. The number of phenolic OH excluding ortho intramolecular Hbond substituents is 1. The minimum absolute atomic E-state index is 0.00854. The van der Waals surface area contributed by atoms with Crippen molar-refractivity contribution < 1.29 is 19.0 Å². The molecular weight excluding hydrogens is 299 g/mol. The van der Waals surface area contributed by atoms with Crippen molar-refractivity contribution in [2.45, 2.75) is 52.8 Å². The molecule has 1 rings (SSSR count). The normalized spacial score (nSPS) is 11.6. The molecule has 0 spiro atoms. The third kappa shape index (κ3) is 6.44. The number of benzene rings is 1. The summed E-state index contributed by atoms with van der Waals surface area (Å²) < 4.78 is 18.6. The first-order valence-electron chi connectivity index (χ1n) is 7.78. The van der Waals surface area contributed by atoms with Gasteiger partial charge in [0.1, 0.15) is 5.60 Å². The Bertz CT molecular complexity index is 527. The zero-order valence-electron chi connectivity index (χ0n) is 14.5. The molecule has 0 aliphatic carbocycles. The van der Waals surface area contributed by atoms with E-state index in [1.54, 1.807) is 17.0 Å². The highest BCUT2D eigenvalue weighted by Crippen LogP contribution is 2.20. The molecule has 6 heteroatoms. The van der Waals surface area contributed by atoms with Crippen molar-refractivity contribution in [1.29, 1.82) is 0 Å². The molecule has 0 heterocycles. The second-order valence-corrected chi connectivity index (χ2v) is 6.69. The van der Waals surface area contributed by atoms with Crippen LogP contribution in [0.2, 0.25) is 0 Å². The van der Waals surface area contributed by atoms with Crippen LogP contribution in [-0.2, 0) is 11.3 Å². The van der Waals surface area contributed by atoms with Crippen LogP contribution in [-0.4, -0.2) is 40.8 Å². The lowest BCUT2D eigenvalue weighted by atomic mass is 10.2. The predicted octanol–water partition coefficient (Wildman–Crippen LogP) is 3.27. The maximum Gasteiger partial charge on any atom is 0.410 e. The van der Waals surface area contributed by atoms with E-state index in [1.165, 1.54) is 6.07 Å². The molecule has 1 aromatic rings. The minimum Gasteiger partial charge on any atom is -0.505 e. The van der Waals surface area contributed by atoms with E-state index >= 15 is 0 Å². The molecule has 2 N–H and O–H groups in total. The summed E-state index contributed by atoms with van der Waals surface area (Å²) in [6, 6.07) is 4.42. The lowest BCUT2D eigenvalue weighted by Crippen LogP contribution is -2.44. The topological polar surface area (TPSA) is 61.8 Å². The van der Waals surface area contributed by atoms with Crippen molar-refractivity contribution in [2.75, 3.05) is 13.1 Å². The molecule has 1 amide bonds. The van der Waals surface area contributed by atoms with Crippen LogP contribution in [0.15, 0.2) is 18.2 Å². The fourth-order valence-electron chi connectivity index (χ4n) is 2.01. The maximum atomic E-state index is 13.2. The Labute approximate surface area is 137 Å². The molecule has 0 saturated carbocycles. The molecule has 0 aliphatic rings. The minimum atomic E-state index is -0.637. The van der Waals surface area contributed by atoms with Gasteiger partial charge >= 0.3 is 6.09 Å². The van der Waals surface area contributed by atoms with E-state index in [2.05, 4.69) is 5.32 Å². The molecule has 1 aromatic carbocycles. The van der Waals surface area contributed by atoms with Crippen LogP contribution in [0.5, 0.6) is 5.75 Å². The Balaban J connectivity index is 2.50. The van der Waals surface area contributed by atoms with E-state index in [9.17, 15) is 14.3 Å². The average Bonchev–Trinajstić information content (AvgIpc) is 2.40. The van der Waals surface area contributed by atoms with E-state index < -0.39 is 11.4 Å². The lowest BCUT2D eigenvalue weighted by Gasteiger charge is -2.30. The molecule has 0 aromatic heterocycles. The summed E-state index contributed by atoms with van der Waals surface area (Å²) in [6.07, 6.45) is -0.358. The van der Waals surface area contributed by atoms with Crippen LogP contribution in [0.3, 0.4) is 0 Å². The SMILES string of the molecule is CC(C)N(CCNCc1cccc(F)c1O)C(=O)OC(C)(C)C. The highest BCUT2D eigenvalue weighted by molar-refractivity contribution is 5.68. The number of aromatic hydroxyl groups is 1. The van der Waals surface area contributed by atoms with E-state index in [4.69, 9.17) is 4.74 Å². The molecule has 0 radical (unpaired) electrons. The summed E-state index contributed by atoms with van der Waals surface area (Å²) in [7, 11) is 0. The molecule has 0 aliphatic heterocycles. The van der Waals surface area contributed by atoms with Gasteiger partial charge < -0.3 is 20.1 Å². The van der Waals surface area contributed by atoms with Crippen LogP contribution in [0.25, 0.3) is 0 Å². The molecule has 0 bridgehead atoms. The Morgan fingerprint density at radius 1 is 1.39 bits per heavy atom. The van der Waals surface area contributed by atoms with Gasteiger partial charge in [-0.2, -0.15) is 0 Å². The van der Waals surface area contributed by atoms with E-state index in [-0.39, 0.29) is 17.9 Å². The summed E-state index contributed by atoms with van der Waals surface area (Å²) in [4.78, 5) is 13.8. The van der Waals surface area contributed by atoms with Crippen LogP contribution in [0.4, 0.5) is 9.18 Å². The maximum absolute atomic E-state index is 13.2.